The van der Waals surface area contributed by atoms with Gasteiger partial charge in [0.2, 0.25) is 11.8 Å². The van der Waals surface area contributed by atoms with Gasteiger partial charge in [-0.1, -0.05) is 13.2 Å². The topological polar surface area (TPSA) is 84.5 Å². The Morgan fingerprint density at radius 3 is 2.21 bits per heavy atom. The maximum absolute atomic E-state index is 12.1. The van der Waals surface area contributed by atoms with Gasteiger partial charge in [-0.25, -0.2) is 0 Å². The zero-order valence-electron chi connectivity index (χ0n) is 14.1. The average molecular weight is 330 g/mol. The largest absolute Gasteiger partial charge is 0.460 e. The Balaban J connectivity index is 3.08. The molecule has 1 rings (SSSR count). The van der Waals surface area contributed by atoms with Crippen LogP contribution in [-0.2, 0) is 25.5 Å². The minimum absolute atomic E-state index is 0.0537. The zero-order valence-corrected chi connectivity index (χ0v) is 14.1. The van der Waals surface area contributed by atoms with Gasteiger partial charge in [-0.3, -0.25) is 14.4 Å². The summed E-state index contributed by atoms with van der Waals surface area (Å²) >= 11 is 0. The second kappa shape index (κ2) is 8.10. The van der Waals surface area contributed by atoms with Gasteiger partial charge < -0.3 is 15.4 Å². The van der Waals surface area contributed by atoms with Crippen molar-refractivity contribution in [2.75, 3.05) is 10.6 Å². The maximum Gasteiger partial charge on any atom is 0.310 e. The molecule has 1 aromatic rings. The molecule has 128 valence electrons. The van der Waals surface area contributed by atoms with Crippen LogP contribution in [0.2, 0.25) is 0 Å². The van der Waals surface area contributed by atoms with Gasteiger partial charge in [-0.05, 0) is 56.7 Å². The highest BCUT2D eigenvalue weighted by molar-refractivity contribution is 6.01. The summed E-state index contributed by atoms with van der Waals surface area (Å²) in [6.07, 6.45) is 2.22. The highest BCUT2D eigenvalue weighted by atomic mass is 16.6. The minimum atomic E-state index is -0.615. The van der Waals surface area contributed by atoms with Crippen molar-refractivity contribution in [2.45, 2.75) is 32.8 Å². The number of esters is 1. The molecule has 0 aliphatic rings. The molecule has 2 N–H and O–H groups in total. The van der Waals surface area contributed by atoms with E-state index in [0.717, 1.165) is 12.2 Å². The molecule has 0 fully saturated rings. The van der Waals surface area contributed by atoms with E-state index >= 15 is 0 Å². The summed E-state index contributed by atoms with van der Waals surface area (Å²) in [7, 11) is 0. The van der Waals surface area contributed by atoms with E-state index in [0.29, 0.717) is 16.9 Å². The van der Waals surface area contributed by atoms with E-state index in [1.807, 2.05) is 0 Å². The summed E-state index contributed by atoms with van der Waals surface area (Å²) in [5.41, 5.74) is 0.828. The van der Waals surface area contributed by atoms with Crippen LogP contribution in [0.3, 0.4) is 0 Å². The number of rotatable bonds is 6. The van der Waals surface area contributed by atoms with Gasteiger partial charge in [0.05, 0.1) is 6.42 Å². The predicted molar refractivity (Wildman–Crippen MR) is 93.6 cm³/mol. The lowest BCUT2D eigenvalue weighted by molar-refractivity contribution is -0.153. The Labute approximate surface area is 141 Å². The Bertz CT molecular complexity index is 672. The number of carbonyl (C=O) groups is 3. The molecule has 2 amide bonds. The monoisotopic (exact) mass is 330 g/mol. The van der Waals surface area contributed by atoms with Gasteiger partial charge in [0.1, 0.15) is 5.60 Å². The van der Waals surface area contributed by atoms with Crippen LogP contribution < -0.4 is 10.6 Å². The standard InChI is InChI=1S/C18H22N2O4/c1-6-15(21)19-13-8-9-14(20-16(22)7-2)12(10-13)11-17(23)24-18(3,4)5/h6-10H,1-2,11H2,3-5H3,(H,19,21)(H,20,22). The van der Waals surface area contributed by atoms with E-state index in [9.17, 15) is 14.4 Å². The van der Waals surface area contributed by atoms with Gasteiger partial charge >= 0.3 is 5.97 Å². The Morgan fingerprint density at radius 2 is 1.67 bits per heavy atom. The highest BCUT2D eigenvalue weighted by Gasteiger charge is 2.18. The van der Waals surface area contributed by atoms with Crippen LogP contribution in [0.25, 0.3) is 0 Å². The first-order valence-electron chi connectivity index (χ1n) is 7.36. The molecule has 0 saturated carbocycles. The van der Waals surface area contributed by atoms with E-state index in [2.05, 4.69) is 23.8 Å². The number of amides is 2. The first-order valence-corrected chi connectivity index (χ1v) is 7.36. The smallest absolute Gasteiger partial charge is 0.310 e. The number of ether oxygens (including phenoxy) is 1. The molecule has 0 aromatic heterocycles. The summed E-state index contributed by atoms with van der Waals surface area (Å²) in [6.45, 7) is 12.1. The van der Waals surface area contributed by atoms with Crippen molar-refractivity contribution >= 4 is 29.2 Å². The van der Waals surface area contributed by atoms with E-state index in [-0.39, 0.29) is 12.3 Å². The first kappa shape index (κ1) is 19.2. The molecule has 0 unspecified atom stereocenters. The summed E-state index contributed by atoms with van der Waals surface area (Å²) in [5.74, 6) is -1.21. The van der Waals surface area contributed by atoms with Crippen LogP contribution >= 0.6 is 0 Å². The predicted octanol–water partition coefficient (Wildman–Crippen LogP) is 2.82. The fraction of sp³-hybridized carbons (Fsp3) is 0.278. The van der Waals surface area contributed by atoms with Gasteiger partial charge in [-0.15, -0.1) is 0 Å². The molecule has 6 nitrogen and oxygen atoms in total. The summed E-state index contributed by atoms with van der Waals surface area (Å²) < 4.78 is 5.29. The molecule has 0 spiro atoms. The lowest BCUT2D eigenvalue weighted by Gasteiger charge is -2.20. The van der Waals surface area contributed by atoms with Crippen molar-refractivity contribution in [1.29, 1.82) is 0 Å². The highest BCUT2D eigenvalue weighted by Crippen LogP contribution is 2.23. The molecular formula is C18H22N2O4. The fourth-order valence-electron chi connectivity index (χ4n) is 1.85. The lowest BCUT2D eigenvalue weighted by atomic mass is 10.1. The second-order valence-corrected chi connectivity index (χ2v) is 6.02. The molecule has 6 heteroatoms. The van der Waals surface area contributed by atoms with Crippen LogP contribution in [0.15, 0.2) is 43.5 Å². The fourth-order valence-corrected chi connectivity index (χ4v) is 1.85. The van der Waals surface area contributed by atoms with Gasteiger partial charge in [0.15, 0.2) is 0 Å². The number of benzene rings is 1. The number of hydrogen-bond acceptors (Lipinski definition) is 4. The summed E-state index contributed by atoms with van der Waals surface area (Å²) in [6, 6.07) is 4.81. The Hall–Kier alpha value is -2.89. The lowest BCUT2D eigenvalue weighted by Crippen LogP contribution is -2.25. The van der Waals surface area contributed by atoms with Crippen molar-refractivity contribution in [1.82, 2.24) is 0 Å². The van der Waals surface area contributed by atoms with Gasteiger partial charge in [-0.2, -0.15) is 0 Å². The van der Waals surface area contributed by atoms with Crippen LogP contribution in [0, 0.1) is 0 Å². The molecule has 0 bridgehead atoms. The first-order chi connectivity index (χ1) is 11.1. The van der Waals surface area contributed by atoms with Crippen molar-refractivity contribution in [3.05, 3.63) is 49.1 Å². The van der Waals surface area contributed by atoms with E-state index in [1.54, 1.807) is 39.0 Å². The summed E-state index contributed by atoms with van der Waals surface area (Å²) in [4.78, 5) is 35.0. The maximum atomic E-state index is 12.1. The number of anilines is 2. The summed E-state index contributed by atoms with van der Waals surface area (Å²) in [5, 5.41) is 5.23. The van der Waals surface area contributed by atoms with Crippen LogP contribution in [0.5, 0.6) is 0 Å². The SMILES string of the molecule is C=CC(=O)Nc1ccc(NC(=O)C=C)c(CC(=O)OC(C)(C)C)c1. The normalized spacial score (nSPS) is 10.5. The van der Waals surface area contributed by atoms with Crippen molar-refractivity contribution < 1.29 is 19.1 Å². The second-order valence-electron chi connectivity index (χ2n) is 6.02. The van der Waals surface area contributed by atoms with Crippen molar-refractivity contribution in [3.63, 3.8) is 0 Å². The van der Waals surface area contributed by atoms with E-state index < -0.39 is 17.5 Å². The van der Waals surface area contributed by atoms with Gasteiger partial charge in [0.25, 0.3) is 0 Å². The Kier molecular flexibility index (Phi) is 6.47. The van der Waals surface area contributed by atoms with Crippen molar-refractivity contribution in [3.8, 4) is 0 Å². The molecule has 24 heavy (non-hydrogen) atoms. The number of nitrogens with one attached hydrogen (secondary N) is 2. The third kappa shape index (κ3) is 6.48. The molecule has 0 aliphatic carbocycles. The third-order valence-electron chi connectivity index (χ3n) is 2.76. The molecule has 0 heterocycles. The van der Waals surface area contributed by atoms with E-state index in [1.165, 1.54) is 0 Å². The average Bonchev–Trinajstić information content (AvgIpc) is 2.47. The molecular weight excluding hydrogens is 308 g/mol. The molecule has 0 saturated heterocycles. The Morgan fingerprint density at radius 1 is 1.08 bits per heavy atom. The van der Waals surface area contributed by atoms with E-state index in [4.69, 9.17) is 4.74 Å². The third-order valence-corrected chi connectivity index (χ3v) is 2.76. The minimum Gasteiger partial charge on any atom is -0.460 e. The quantitative estimate of drug-likeness (QED) is 0.620. The van der Waals surface area contributed by atoms with Crippen LogP contribution in [-0.4, -0.2) is 23.4 Å². The van der Waals surface area contributed by atoms with Crippen LogP contribution in [0.4, 0.5) is 11.4 Å². The zero-order chi connectivity index (χ0) is 18.3. The van der Waals surface area contributed by atoms with Gasteiger partial charge in [0, 0.05) is 11.4 Å². The number of carbonyl (C=O) groups excluding carboxylic acids is 3. The van der Waals surface area contributed by atoms with Crippen molar-refractivity contribution in [2.24, 2.45) is 0 Å². The molecule has 0 aliphatic heterocycles. The molecule has 0 radical (unpaired) electrons. The number of hydrogen-bond donors (Lipinski definition) is 2. The molecule has 0 atom stereocenters. The molecule has 1 aromatic carbocycles. The van der Waals surface area contributed by atoms with Crippen LogP contribution in [0.1, 0.15) is 26.3 Å².